The summed E-state index contributed by atoms with van der Waals surface area (Å²) in [6.45, 7) is 1.02. The number of halogens is 3. The van der Waals surface area contributed by atoms with Crippen LogP contribution in [0.15, 0.2) is 18.2 Å². The molecule has 0 aromatic heterocycles. The lowest BCUT2D eigenvalue weighted by Gasteiger charge is -2.22. The summed E-state index contributed by atoms with van der Waals surface area (Å²) >= 11 is 12.2. The minimum Gasteiger partial charge on any atom is -0.352 e. The largest absolute Gasteiger partial charge is 0.352 e. The van der Waals surface area contributed by atoms with Gasteiger partial charge in [0.1, 0.15) is 5.92 Å². The van der Waals surface area contributed by atoms with Crippen LogP contribution >= 0.6 is 35.6 Å². The van der Waals surface area contributed by atoms with Crippen molar-refractivity contribution in [1.82, 2.24) is 5.32 Å². The van der Waals surface area contributed by atoms with Crippen LogP contribution in [0.2, 0.25) is 10.0 Å². The first-order valence-corrected chi connectivity index (χ1v) is 9.03. The Labute approximate surface area is 163 Å². The van der Waals surface area contributed by atoms with Crippen LogP contribution in [0.4, 0.5) is 5.69 Å². The molecule has 1 aliphatic carbocycles. The van der Waals surface area contributed by atoms with Gasteiger partial charge in [-0.1, -0.05) is 29.6 Å². The smallest absolute Gasteiger partial charge is 0.239 e. The van der Waals surface area contributed by atoms with Crippen molar-refractivity contribution in [1.29, 1.82) is 0 Å². The summed E-state index contributed by atoms with van der Waals surface area (Å²) in [5.41, 5.74) is 6.32. The van der Waals surface area contributed by atoms with E-state index in [-0.39, 0.29) is 30.3 Å². The molecule has 5 nitrogen and oxygen atoms in total. The standard InChI is InChI=1S/C17H21Cl2N3O2.ClH/c18-11-4-5-13(19)15(8-11)22-7-6-12(17(22)24)16(23)21-14-3-1-2-10(14)9-20;/h4-5,8,10,12,14H,1-3,6-7,9,20H2,(H,21,23);1H. The average molecular weight is 407 g/mol. The third-order valence-electron chi connectivity index (χ3n) is 5.01. The van der Waals surface area contributed by atoms with Crippen molar-refractivity contribution in [3.05, 3.63) is 28.2 Å². The van der Waals surface area contributed by atoms with Crippen molar-refractivity contribution in [3.63, 3.8) is 0 Å². The van der Waals surface area contributed by atoms with Gasteiger partial charge in [-0.2, -0.15) is 0 Å². The molecule has 3 atom stereocenters. The second-order valence-corrected chi connectivity index (χ2v) is 7.31. The normalized spacial score (nSPS) is 25.8. The van der Waals surface area contributed by atoms with Crippen molar-refractivity contribution >= 4 is 53.1 Å². The molecule has 25 heavy (non-hydrogen) atoms. The molecule has 3 rings (SSSR count). The molecule has 1 heterocycles. The molecule has 138 valence electrons. The van der Waals surface area contributed by atoms with E-state index in [1.165, 1.54) is 0 Å². The number of benzene rings is 1. The summed E-state index contributed by atoms with van der Waals surface area (Å²) < 4.78 is 0. The fourth-order valence-electron chi connectivity index (χ4n) is 3.65. The third-order valence-corrected chi connectivity index (χ3v) is 5.57. The van der Waals surface area contributed by atoms with E-state index in [1.54, 1.807) is 23.1 Å². The van der Waals surface area contributed by atoms with E-state index < -0.39 is 5.92 Å². The molecule has 0 spiro atoms. The first-order valence-electron chi connectivity index (χ1n) is 8.28. The Hall–Kier alpha value is -1.01. The molecule has 2 fully saturated rings. The van der Waals surface area contributed by atoms with Crippen molar-refractivity contribution in [3.8, 4) is 0 Å². The van der Waals surface area contributed by atoms with Crippen molar-refractivity contribution < 1.29 is 9.59 Å². The van der Waals surface area contributed by atoms with E-state index >= 15 is 0 Å². The maximum Gasteiger partial charge on any atom is 0.239 e. The predicted molar refractivity (Wildman–Crippen MR) is 102 cm³/mol. The SMILES string of the molecule is Cl.NCC1CCCC1NC(=O)C1CCN(c2cc(Cl)ccc2Cl)C1=O. The predicted octanol–water partition coefficient (Wildman–Crippen LogP) is 3.01. The van der Waals surface area contributed by atoms with Crippen LogP contribution in [0, 0.1) is 11.8 Å². The van der Waals surface area contributed by atoms with E-state index in [2.05, 4.69) is 5.32 Å². The average Bonchev–Trinajstić information content (AvgIpc) is 3.16. The highest BCUT2D eigenvalue weighted by Gasteiger charge is 2.40. The molecule has 1 aromatic carbocycles. The van der Waals surface area contributed by atoms with Gasteiger partial charge in [0.2, 0.25) is 11.8 Å². The number of rotatable bonds is 4. The van der Waals surface area contributed by atoms with Crippen LogP contribution in [-0.4, -0.2) is 30.9 Å². The molecule has 0 bridgehead atoms. The lowest BCUT2D eigenvalue weighted by molar-refractivity contribution is -0.132. The molecule has 2 amide bonds. The van der Waals surface area contributed by atoms with Gasteiger partial charge in [0, 0.05) is 17.6 Å². The lowest BCUT2D eigenvalue weighted by Crippen LogP contribution is -2.44. The minimum atomic E-state index is -0.668. The highest BCUT2D eigenvalue weighted by Crippen LogP contribution is 2.34. The minimum absolute atomic E-state index is 0. The topological polar surface area (TPSA) is 75.4 Å². The number of carbonyl (C=O) groups is 2. The van der Waals surface area contributed by atoms with Gasteiger partial charge >= 0.3 is 0 Å². The Bertz CT molecular complexity index is 656. The Morgan fingerprint density at radius 2 is 2.04 bits per heavy atom. The number of amides is 2. The zero-order chi connectivity index (χ0) is 17.3. The molecule has 8 heteroatoms. The quantitative estimate of drug-likeness (QED) is 0.755. The number of hydrogen-bond acceptors (Lipinski definition) is 3. The second kappa shape index (κ2) is 8.58. The van der Waals surface area contributed by atoms with Gasteiger partial charge in [-0.15, -0.1) is 12.4 Å². The maximum absolute atomic E-state index is 12.7. The lowest BCUT2D eigenvalue weighted by atomic mass is 10.0. The summed E-state index contributed by atoms with van der Waals surface area (Å²) in [5.74, 6) is -0.784. The number of carbonyl (C=O) groups excluding carboxylic acids is 2. The molecule has 3 N–H and O–H groups in total. The van der Waals surface area contributed by atoms with Crippen LogP contribution in [0.5, 0.6) is 0 Å². The molecule has 1 aromatic rings. The Morgan fingerprint density at radius 3 is 2.76 bits per heavy atom. The number of nitrogens with zero attached hydrogens (tertiary/aromatic N) is 1. The van der Waals surface area contributed by atoms with Gasteiger partial charge in [-0.3, -0.25) is 9.59 Å². The maximum atomic E-state index is 12.7. The summed E-state index contributed by atoms with van der Waals surface area (Å²) in [4.78, 5) is 26.8. The third kappa shape index (κ3) is 4.22. The molecule has 2 aliphatic rings. The Balaban J connectivity index is 0.00000225. The summed E-state index contributed by atoms with van der Waals surface area (Å²) in [7, 11) is 0. The molecular weight excluding hydrogens is 385 g/mol. The van der Waals surface area contributed by atoms with Gasteiger partial charge in [0.25, 0.3) is 0 Å². The van der Waals surface area contributed by atoms with Crippen LogP contribution in [0.25, 0.3) is 0 Å². The number of nitrogens with two attached hydrogens (primary N) is 1. The monoisotopic (exact) mass is 405 g/mol. The molecule has 1 aliphatic heterocycles. The van der Waals surface area contributed by atoms with Gasteiger partial charge in [-0.25, -0.2) is 0 Å². The van der Waals surface area contributed by atoms with Crippen molar-refractivity contribution in [2.45, 2.75) is 31.7 Å². The zero-order valence-electron chi connectivity index (χ0n) is 13.7. The molecule has 3 unspecified atom stereocenters. The molecule has 1 saturated heterocycles. The molecule has 0 radical (unpaired) electrons. The van der Waals surface area contributed by atoms with E-state index in [9.17, 15) is 9.59 Å². The number of anilines is 1. The fourth-order valence-corrected chi connectivity index (χ4v) is 4.03. The zero-order valence-corrected chi connectivity index (χ0v) is 16.0. The van der Waals surface area contributed by atoms with Gasteiger partial charge in [-0.05, 0) is 49.9 Å². The van der Waals surface area contributed by atoms with E-state index in [0.29, 0.717) is 41.2 Å². The van der Waals surface area contributed by atoms with E-state index in [0.717, 1.165) is 19.3 Å². The summed E-state index contributed by atoms with van der Waals surface area (Å²) in [6.07, 6.45) is 3.51. The summed E-state index contributed by atoms with van der Waals surface area (Å²) in [5, 5.41) is 3.98. The van der Waals surface area contributed by atoms with Gasteiger partial charge in [0.15, 0.2) is 0 Å². The van der Waals surface area contributed by atoms with E-state index in [1.807, 2.05) is 0 Å². The van der Waals surface area contributed by atoms with Crippen LogP contribution in [0.1, 0.15) is 25.7 Å². The van der Waals surface area contributed by atoms with Gasteiger partial charge in [0.05, 0.1) is 10.7 Å². The second-order valence-electron chi connectivity index (χ2n) is 6.47. The van der Waals surface area contributed by atoms with Crippen molar-refractivity contribution in [2.75, 3.05) is 18.0 Å². The first kappa shape index (κ1) is 20.3. The summed E-state index contributed by atoms with van der Waals surface area (Å²) in [6, 6.07) is 5.07. The number of nitrogens with one attached hydrogen (secondary N) is 1. The Kier molecular flexibility index (Phi) is 6.97. The first-order chi connectivity index (χ1) is 11.5. The van der Waals surface area contributed by atoms with Gasteiger partial charge < -0.3 is 16.0 Å². The Morgan fingerprint density at radius 1 is 1.28 bits per heavy atom. The number of hydrogen-bond donors (Lipinski definition) is 2. The highest BCUT2D eigenvalue weighted by molar-refractivity contribution is 6.36. The van der Waals surface area contributed by atoms with Crippen LogP contribution in [-0.2, 0) is 9.59 Å². The fraction of sp³-hybridized carbons (Fsp3) is 0.529. The molecular formula is C17H22Cl3N3O2. The van der Waals surface area contributed by atoms with Crippen molar-refractivity contribution in [2.24, 2.45) is 17.6 Å². The van der Waals surface area contributed by atoms with Crippen LogP contribution in [0.3, 0.4) is 0 Å². The van der Waals surface area contributed by atoms with E-state index in [4.69, 9.17) is 28.9 Å². The van der Waals surface area contributed by atoms with Crippen LogP contribution < -0.4 is 16.0 Å². The highest BCUT2D eigenvalue weighted by atomic mass is 35.5. The molecule has 1 saturated carbocycles.